The summed E-state index contributed by atoms with van der Waals surface area (Å²) in [4.78, 5) is 12.8. The average Bonchev–Trinajstić information content (AvgIpc) is 3.03. The molecule has 2 N–H and O–H groups in total. The van der Waals surface area contributed by atoms with Crippen molar-refractivity contribution >= 4 is 28.6 Å². The van der Waals surface area contributed by atoms with Crippen LogP contribution in [-0.4, -0.2) is 25.2 Å². The van der Waals surface area contributed by atoms with E-state index in [-0.39, 0.29) is 5.91 Å². The molecule has 1 aromatic heterocycles. The molecule has 4 nitrogen and oxygen atoms in total. The molecular formula is C16H18N2O2S. The zero-order valence-electron chi connectivity index (χ0n) is 11.7. The third-order valence-corrected chi connectivity index (χ3v) is 4.27. The van der Waals surface area contributed by atoms with E-state index in [0.717, 1.165) is 37.4 Å². The Kier molecular flexibility index (Phi) is 4.52. The smallest absolute Gasteiger partial charge is 0.265 e. The van der Waals surface area contributed by atoms with Gasteiger partial charge in [0.15, 0.2) is 0 Å². The largest absolute Gasteiger partial charge is 0.380 e. The van der Waals surface area contributed by atoms with E-state index < -0.39 is 0 Å². The number of carbonyl (C=O) groups is 1. The monoisotopic (exact) mass is 302 g/mol. The van der Waals surface area contributed by atoms with Gasteiger partial charge >= 0.3 is 0 Å². The summed E-state index contributed by atoms with van der Waals surface area (Å²) >= 11 is 1.44. The van der Waals surface area contributed by atoms with Crippen LogP contribution < -0.4 is 10.6 Å². The number of ether oxygens (including phenoxy) is 1. The number of benzene rings is 1. The van der Waals surface area contributed by atoms with Gasteiger partial charge in [-0.05, 0) is 42.5 Å². The minimum absolute atomic E-state index is 0.0665. The summed E-state index contributed by atoms with van der Waals surface area (Å²) in [5.74, 6) is -0.0665. The number of anilines is 2. The molecule has 0 aliphatic carbocycles. The molecule has 0 spiro atoms. The van der Waals surface area contributed by atoms with Crippen LogP contribution in [0.1, 0.15) is 22.5 Å². The van der Waals surface area contributed by atoms with Crippen molar-refractivity contribution in [1.29, 1.82) is 0 Å². The van der Waals surface area contributed by atoms with E-state index in [1.807, 2.05) is 41.8 Å². The van der Waals surface area contributed by atoms with E-state index in [1.54, 1.807) is 0 Å². The lowest BCUT2D eigenvalue weighted by atomic mass is 10.1. The number of amides is 1. The van der Waals surface area contributed by atoms with Gasteiger partial charge in [0.05, 0.1) is 11.5 Å². The van der Waals surface area contributed by atoms with Gasteiger partial charge < -0.3 is 15.4 Å². The van der Waals surface area contributed by atoms with E-state index in [2.05, 4.69) is 10.6 Å². The molecule has 2 aromatic rings. The highest BCUT2D eigenvalue weighted by molar-refractivity contribution is 7.12. The number of carbonyl (C=O) groups excluding carboxylic acids is 1. The molecule has 3 rings (SSSR count). The second kappa shape index (κ2) is 6.74. The van der Waals surface area contributed by atoms with Gasteiger partial charge in [-0.1, -0.05) is 12.1 Å². The molecule has 1 atom stereocenters. The fourth-order valence-electron chi connectivity index (χ4n) is 2.38. The van der Waals surface area contributed by atoms with E-state index in [0.29, 0.717) is 10.9 Å². The van der Waals surface area contributed by atoms with E-state index in [1.165, 1.54) is 11.3 Å². The summed E-state index contributed by atoms with van der Waals surface area (Å²) < 4.78 is 5.47. The van der Waals surface area contributed by atoms with Crippen molar-refractivity contribution < 1.29 is 9.53 Å². The first-order valence-corrected chi connectivity index (χ1v) is 7.98. The topological polar surface area (TPSA) is 50.4 Å². The van der Waals surface area contributed by atoms with E-state index in [4.69, 9.17) is 4.74 Å². The lowest BCUT2D eigenvalue weighted by molar-refractivity contribution is 0.0876. The maximum absolute atomic E-state index is 12.0. The molecule has 1 aliphatic rings. The van der Waals surface area contributed by atoms with Gasteiger partial charge in [-0.2, -0.15) is 0 Å². The van der Waals surface area contributed by atoms with Gasteiger partial charge in [0.2, 0.25) is 0 Å². The van der Waals surface area contributed by atoms with Crippen molar-refractivity contribution in [1.82, 2.24) is 0 Å². The Morgan fingerprint density at radius 2 is 2.14 bits per heavy atom. The third-order valence-electron chi connectivity index (χ3n) is 3.40. The van der Waals surface area contributed by atoms with Crippen molar-refractivity contribution in [2.45, 2.75) is 18.9 Å². The highest BCUT2D eigenvalue weighted by Gasteiger charge is 2.13. The Hall–Kier alpha value is -1.85. The Labute approximate surface area is 128 Å². The van der Waals surface area contributed by atoms with E-state index >= 15 is 0 Å². The second-order valence-corrected chi connectivity index (χ2v) is 6.02. The van der Waals surface area contributed by atoms with E-state index in [9.17, 15) is 4.79 Å². The summed E-state index contributed by atoms with van der Waals surface area (Å²) in [5, 5.41) is 8.28. The van der Waals surface area contributed by atoms with Crippen LogP contribution in [0, 0.1) is 0 Å². The normalized spacial score (nSPS) is 18.2. The fourth-order valence-corrected chi connectivity index (χ4v) is 3.00. The Balaban J connectivity index is 1.64. The highest BCUT2D eigenvalue weighted by atomic mass is 32.1. The van der Waals surface area contributed by atoms with Crippen LogP contribution >= 0.6 is 11.3 Å². The van der Waals surface area contributed by atoms with Crippen LogP contribution in [-0.2, 0) is 4.74 Å². The van der Waals surface area contributed by atoms with Gasteiger partial charge in [0, 0.05) is 24.0 Å². The summed E-state index contributed by atoms with van der Waals surface area (Å²) in [7, 11) is 0. The van der Waals surface area contributed by atoms with Crippen molar-refractivity contribution in [3.63, 3.8) is 0 Å². The highest BCUT2D eigenvalue weighted by Crippen LogP contribution is 2.20. The lowest BCUT2D eigenvalue weighted by Gasteiger charge is -2.24. The Morgan fingerprint density at radius 3 is 2.90 bits per heavy atom. The molecule has 2 heterocycles. The van der Waals surface area contributed by atoms with Gasteiger partial charge in [0.25, 0.3) is 5.91 Å². The average molecular weight is 302 g/mol. The van der Waals surface area contributed by atoms with Crippen molar-refractivity contribution in [3.8, 4) is 0 Å². The molecule has 1 fully saturated rings. The van der Waals surface area contributed by atoms with Crippen molar-refractivity contribution in [2.24, 2.45) is 0 Å². The minimum atomic E-state index is -0.0665. The second-order valence-electron chi connectivity index (χ2n) is 5.07. The van der Waals surface area contributed by atoms with Gasteiger partial charge in [0.1, 0.15) is 0 Å². The molecule has 21 heavy (non-hydrogen) atoms. The summed E-state index contributed by atoms with van der Waals surface area (Å²) in [6.07, 6.45) is 2.21. The van der Waals surface area contributed by atoms with Crippen molar-refractivity contribution in [3.05, 3.63) is 46.7 Å². The molecule has 0 radical (unpaired) electrons. The maximum Gasteiger partial charge on any atom is 0.265 e. The van der Waals surface area contributed by atoms with Gasteiger partial charge in [-0.3, -0.25) is 4.79 Å². The summed E-state index contributed by atoms with van der Waals surface area (Å²) in [5.41, 5.74) is 1.81. The predicted molar refractivity (Wildman–Crippen MR) is 86.2 cm³/mol. The standard InChI is InChI=1S/C16H18N2O2S/c19-16(15-7-3-9-21-15)18-13-5-1-4-12(10-13)17-14-6-2-8-20-11-14/h1,3-5,7,9-10,14,17H,2,6,8,11H2,(H,18,19)/t14-/m1/s1. The summed E-state index contributed by atoms with van der Waals surface area (Å²) in [6, 6.07) is 11.9. The minimum Gasteiger partial charge on any atom is -0.380 e. The Bertz CT molecular complexity index is 592. The zero-order chi connectivity index (χ0) is 14.5. The molecule has 1 aliphatic heterocycles. The van der Waals surface area contributed by atoms with Crippen molar-refractivity contribution in [2.75, 3.05) is 23.8 Å². The van der Waals surface area contributed by atoms with Gasteiger partial charge in [-0.25, -0.2) is 0 Å². The summed E-state index contributed by atoms with van der Waals surface area (Å²) in [6.45, 7) is 1.60. The molecule has 1 aromatic carbocycles. The van der Waals surface area contributed by atoms with Gasteiger partial charge in [-0.15, -0.1) is 11.3 Å². The molecule has 1 amide bonds. The number of nitrogens with one attached hydrogen (secondary N) is 2. The molecule has 5 heteroatoms. The fraction of sp³-hybridized carbons (Fsp3) is 0.312. The third kappa shape index (κ3) is 3.83. The number of hydrogen-bond donors (Lipinski definition) is 2. The first-order valence-electron chi connectivity index (χ1n) is 7.10. The SMILES string of the molecule is O=C(Nc1cccc(N[C@@H]2CCCOC2)c1)c1cccs1. The van der Waals surface area contributed by atoms with Crippen LogP contribution in [0.2, 0.25) is 0 Å². The predicted octanol–water partition coefficient (Wildman–Crippen LogP) is 3.59. The molecular weight excluding hydrogens is 284 g/mol. The number of hydrogen-bond acceptors (Lipinski definition) is 4. The van der Waals surface area contributed by atoms with Crippen LogP contribution in [0.15, 0.2) is 41.8 Å². The molecule has 110 valence electrons. The molecule has 0 bridgehead atoms. The van der Waals surface area contributed by atoms with Crippen LogP contribution in [0.4, 0.5) is 11.4 Å². The number of thiophene rings is 1. The number of rotatable bonds is 4. The first kappa shape index (κ1) is 14.1. The van der Waals surface area contributed by atoms with Crippen LogP contribution in [0.3, 0.4) is 0 Å². The molecule has 1 saturated heterocycles. The first-order chi connectivity index (χ1) is 10.3. The maximum atomic E-state index is 12.0. The molecule has 0 unspecified atom stereocenters. The zero-order valence-corrected chi connectivity index (χ0v) is 12.5. The Morgan fingerprint density at radius 1 is 1.24 bits per heavy atom. The van der Waals surface area contributed by atoms with Crippen LogP contribution in [0.25, 0.3) is 0 Å². The quantitative estimate of drug-likeness (QED) is 0.907. The van der Waals surface area contributed by atoms with Crippen LogP contribution in [0.5, 0.6) is 0 Å². The molecule has 0 saturated carbocycles. The lowest BCUT2D eigenvalue weighted by Crippen LogP contribution is -2.29.